The van der Waals surface area contributed by atoms with Gasteiger partial charge >= 0.3 is 0 Å². The molecule has 0 fully saturated rings. The molecule has 0 aliphatic heterocycles. The highest BCUT2D eigenvalue weighted by molar-refractivity contribution is 5.26. The zero-order chi connectivity index (χ0) is 8.59. The molecule has 0 saturated heterocycles. The number of rotatable bonds is 1. The smallest absolute Gasteiger partial charge is 0.196 e. The first kappa shape index (κ1) is 8.31. The minimum Gasteiger partial charge on any atom is -0.327 e. The van der Waals surface area contributed by atoms with Crippen molar-refractivity contribution >= 4 is 0 Å². The van der Waals surface area contributed by atoms with Gasteiger partial charge < -0.3 is 4.57 Å². The summed E-state index contributed by atoms with van der Waals surface area (Å²) in [5.41, 5.74) is 1.88. The first-order chi connectivity index (χ1) is 5.04. The summed E-state index contributed by atoms with van der Waals surface area (Å²) < 4.78 is 14.6. The van der Waals surface area contributed by atoms with Gasteiger partial charge in [-0.3, -0.25) is 0 Å². The first-order valence-electron chi connectivity index (χ1n) is 3.85. The Morgan fingerprint density at radius 1 is 1.45 bits per heavy atom. The normalized spacial score (nSPS) is 11.1. The zero-order valence-corrected chi connectivity index (χ0v) is 7.48. The SMILES string of the molecule is Cc1c(C(C)C)cn(C)c1F. The fourth-order valence-electron chi connectivity index (χ4n) is 1.33. The monoisotopic (exact) mass is 155 g/mol. The van der Waals surface area contributed by atoms with Gasteiger partial charge in [-0.25, -0.2) is 0 Å². The van der Waals surface area contributed by atoms with E-state index in [1.54, 1.807) is 7.05 Å². The van der Waals surface area contributed by atoms with E-state index in [2.05, 4.69) is 13.8 Å². The van der Waals surface area contributed by atoms with Gasteiger partial charge in [-0.15, -0.1) is 0 Å². The second kappa shape index (κ2) is 2.68. The van der Waals surface area contributed by atoms with Crippen molar-refractivity contribution in [2.24, 2.45) is 7.05 Å². The second-order valence-electron chi connectivity index (χ2n) is 3.27. The molecule has 1 aromatic heterocycles. The van der Waals surface area contributed by atoms with Gasteiger partial charge in [0.1, 0.15) is 0 Å². The number of halogens is 1. The van der Waals surface area contributed by atoms with Gasteiger partial charge in [0.15, 0.2) is 5.95 Å². The number of hydrogen-bond acceptors (Lipinski definition) is 0. The minimum atomic E-state index is -0.117. The number of nitrogens with zero attached hydrogens (tertiary/aromatic N) is 1. The van der Waals surface area contributed by atoms with Crippen LogP contribution in [-0.2, 0) is 7.05 Å². The van der Waals surface area contributed by atoms with Gasteiger partial charge in [-0.1, -0.05) is 13.8 Å². The molecule has 11 heavy (non-hydrogen) atoms. The van der Waals surface area contributed by atoms with E-state index in [4.69, 9.17) is 0 Å². The van der Waals surface area contributed by atoms with Crippen LogP contribution in [0.2, 0.25) is 0 Å². The molecule has 0 N–H and O–H groups in total. The maximum atomic E-state index is 13.1. The van der Waals surface area contributed by atoms with E-state index in [1.807, 2.05) is 13.1 Å². The van der Waals surface area contributed by atoms with Crippen molar-refractivity contribution in [1.29, 1.82) is 0 Å². The third kappa shape index (κ3) is 1.30. The predicted molar refractivity (Wildman–Crippen MR) is 44.2 cm³/mol. The van der Waals surface area contributed by atoms with Crippen LogP contribution in [0.5, 0.6) is 0 Å². The highest BCUT2D eigenvalue weighted by Crippen LogP contribution is 2.21. The summed E-state index contributed by atoms with van der Waals surface area (Å²) in [6, 6.07) is 0. The Morgan fingerprint density at radius 2 is 2.00 bits per heavy atom. The van der Waals surface area contributed by atoms with E-state index in [9.17, 15) is 4.39 Å². The predicted octanol–water partition coefficient (Wildman–Crippen LogP) is 2.60. The molecule has 1 nitrogen and oxygen atoms in total. The van der Waals surface area contributed by atoms with E-state index >= 15 is 0 Å². The Bertz CT molecular complexity index is 261. The maximum absolute atomic E-state index is 13.1. The summed E-state index contributed by atoms with van der Waals surface area (Å²) >= 11 is 0. The van der Waals surface area contributed by atoms with Crippen molar-refractivity contribution in [1.82, 2.24) is 4.57 Å². The highest BCUT2D eigenvalue weighted by Gasteiger charge is 2.11. The van der Waals surface area contributed by atoms with Gasteiger partial charge in [0, 0.05) is 18.8 Å². The molecule has 0 saturated carbocycles. The Labute approximate surface area is 66.8 Å². The average Bonchev–Trinajstić information content (AvgIpc) is 2.17. The van der Waals surface area contributed by atoms with Crippen LogP contribution in [0.15, 0.2) is 6.20 Å². The van der Waals surface area contributed by atoms with Gasteiger partial charge in [0.25, 0.3) is 0 Å². The maximum Gasteiger partial charge on any atom is 0.196 e. The largest absolute Gasteiger partial charge is 0.327 e. The van der Waals surface area contributed by atoms with E-state index in [1.165, 1.54) is 4.57 Å². The molecular formula is C9H14FN. The molecule has 0 amide bonds. The molecule has 0 bridgehead atoms. The molecule has 1 aromatic rings. The lowest BCUT2D eigenvalue weighted by Crippen LogP contribution is -1.89. The quantitative estimate of drug-likeness (QED) is 0.587. The van der Waals surface area contributed by atoms with Crippen molar-refractivity contribution in [2.45, 2.75) is 26.7 Å². The van der Waals surface area contributed by atoms with Gasteiger partial charge in [-0.05, 0) is 18.4 Å². The molecule has 0 aromatic carbocycles. The summed E-state index contributed by atoms with van der Waals surface area (Å²) in [7, 11) is 1.73. The average molecular weight is 155 g/mol. The van der Waals surface area contributed by atoms with E-state index in [-0.39, 0.29) is 5.95 Å². The summed E-state index contributed by atoms with van der Waals surface area (Å²) in [6.45, 7) is 5.97. The second-order valence-corrected chi connectivity index (χ2v) is 3.27. The van der Waals surface area contributed by atoms with Gasteiger partial charge in [0.2, 0.25) is 0 Å². The van der Waals surface area contributed by atoms with Gasteiger partial charge in [0.05, 0.1) is 0 Å². The van der Waals surface area contributed by atoms with Gasteiger partial charge in [-0.2, -0.15) is 4.39 Å². The minimum absolute atomic E-state index is 0.117. The van der Waals surface area contributed by atoms with Crippen molar-refractivity contribution in [2.75, 3.05) is 0 Å². The van der Waals surface area contributed by atoms with Crippen LogP contribution < -0.4 is 0 Å². The molecule has 0 aliphatic carbocycles. The van der Waals surface area contributed by atoms with Crippen molar-refractivity contribution in [3.05, 3.63) is 23.3 Å². The highest BCUT2D eigenvalue weighted by atomic mass is 19.1. The lowest BCUT2D eigenvalue weighted by molar-refractivity contribution is 0.528. The van der Waals surface area contributed by atoms with Crippen molar-refractivity contribution in [3.63, 3.8) is 0 Å². The molecule has 0 aliphatic rings. The fourth-order valence-corrected chi connectivity index (χ4v) is 1.33. The van der Waals surface area contributed by atoms with Crippen LogP contribution in [0.1, 0.15) is 30.9 Å². The van der Waals surface area contributed by atoms with Crippen LogP contribution in [0.25, 0.3) is 0 Å². The van der Waals surface area contributed by atoms with Crippen molar-refractivity contribution < 1.29 is 4.39 Å². The molecule has 1 rings (SSSR count). The van der Waals surface area contributed by atoms with Crippen LogP contribution in [0.4, 0.5) is 4.39 Å². The molecule has 0 spiro atoms. The lowest BCUT2D eigenvalue weighted by atomic mass is 10.0. The summed E-state index contributed by atoms with van der Waals surface area (Å²) in [5, 5.41) is 0. The summed E-state index contributed by atoms with van der Waals surface area (Å²) in [6.07, 6.45) is 1.86. The fraction of sp³-hybridized carbons (Fsp3) is 0.556. The van der Waals surface area contributed by atoms with E-state index in [0.717, 1.165) is 11.1 Å². The number of hydrogen-bond donors (Lipinski definition) is 0. The van der Waals surface area contributed by atoms with Crippen LogP contribution >= 0.6 is 0 Å². The molecule has 0 atom stereocenters. The molecule has 0 radical (unpaired) electrons. The Hall–Kier alpha value is -0.790. The number of aromatic nitrogens is 1. The van der Waals surface area contributed by atoms with Crippen LogP contribution in [0.3, 0.4) is 0 Å². The number of aryl methyl sites for hydroxylation is 1. The topological polar surface area (TPSA) is 4.93 Å². The van der Waals surface area contributed by atoms with Crippen LogP contribution in [-0.4, -0.2) is 4.57 Å². The first-order valence-corrected chi connectivity index (χ1v) is 3.85. The Morgan fingerprint density at radius 3 is 2.18 bits per heavy atom. The summed E-state index contributed by atoms with van der Waals surface area (Å²) in [5.74, 6) is 0.291. The summed E-state index contributed by atoms with van der Waals surface area (Å²) in [4.78, 5) is 0. The zero-order valence-electron chi connectivity index (χ0n) is 7.48. The molecule has 62 valence electrons. The van der Waals surface area contributed by atoms with Crippen LogP contribution in [0, 0.1) is 12.9 Å². The third-order valence-corrected chi connectivity index (χ3v) is 2.01. The van der Waals surface area contributed by atoms with Crippen molar-refractivity contribution in [3.8, 4) is 0 Å². The Balaban J connectivity index is 3.19. The molecule has 2 heteroatoms. The lowest BCUT2D eigenvalue weighted by Gasteiger charge is -2.00. The van der Waals surface area contributed by atoms with E-state index in [0.29, 0.717) is 5.92 Å². The molecule has 1 heterocycles. The molecular weight excluding hydrogens is 141 g/mol. The Kier molecular flexibility index (Phi) is 2.03. The standard InChI is InChI=1S/C9H14FN/c1-6(2)8-5-11(4)9(10)7(8)3/h5-6H,1-4H3. The molecule has 0 unspecified atom stereocenters. The third-order valence-electron chi connectivity index (χ3n) is 2.01. The van der Waals surface area contributed by atoms with E-state index < -0.39 is 0 Å².